The van der Waals surface area contributed by atoms with Crippen LogP contribution in [0.25, 0.3) is 0 Å². The Hall–Kier alpha value is -0.740. The van der Waals surface area contributed by atoms with E-state index in [2.05, 4.69) is 15.9 Å². The van der Waals surface area contributed by atoms with Crippen LogP contribution < -0.4 is 4.74 Å². The molecule has 0 saturated heterocycles. The van der Waals surface area contributed by atoms with E-state index in [1.54, 1.807) is 36.4 Å². The van der Waals surface area contributed by atoms with E-state index in [0.717, 1.165) is 5.56 Å². The van der Waals surface area contributed by atoms with Crippen molar-refractivity contribution in [2.24, 2.45) is 5.41 Å². The Balaban J connectivity index is 2.22. The molecular weight excluding hydrogens is 458 g/mol. The standard InChI is InChI=1S/C20H20BrCl3O2/c1-3-20(4-2,12-13-5-6-15(23)11-17(13)24)18(25)19(21)26-16-9-7-14(22)8-10-16/h5-11,19H,3-4,12H2,1-2H3. The number of rotatable bonds is 8. The van der Waals surface area contributed by atoms with Gasteiger partial charge in [0.2, 0.25) is 5.01 Å². The van der Waals surface area contributed by atoms with Gasteiger partial charge in [-0.05, 0) is 77.2 Å². The molecule has 140 valence electrons. The van der Waals surface area contributed by atoms with Gasteiger partial charge in [-0.2, -0.15) is 0 Å². The maximum Gasteiger partial charge on any atom is 0.211 e. The summed E-state index contributed by atoms with van der Waals surface area (Å²) >= 11 is 21.6. The number of hydrogen-bond acceptors (Lipinski definition) is 2. The van der Waals surface area contributed by atoms with Crippen molar-refractivity contribution in [3.05, 3.63) is 63.1 Å². The van der Waals surface area contributed by atoms with Gasteiger partial charge in [0.05, 0.1) is 0 Å². The van der Waals surface area contributed by atoms with E-state index in [0.29, 0.717) is 40.1 Å². The van der Waals surface area contributed by atoms with Crippen molar-refractivity contribution in [1.82, 2.24) is 0 Å². The van der Waals surface area contributed by atoms with Gasteiger partial charge in [-0.1, -0.05) is 54.7 Å². The second kappa shape index (κ2) is 9.45. The summed E-state index contributed by atoms with van der Waals surface area (Å²) in [5.74, 6) is 0.568. The lowest BCUT2D eigenvalue weighted by atomic mass is 9.73. The van der Waals surface area contributed by atoms with E-state index in [-0.39, 0.29) is 5.78 Å². The van der Waals surface area contributed by atoms with Gasteiger partial charge in [-0.15, -0.1) is 0 Å². The van der Waals surface area contributed by atoms with Crippen molar-refractivity contribution in [2.45, 2.75) is 38.1 Å². The summed E-state index contributed by atoms with van der Waals surface area (Å²) in [5, 5.41) is 1.01. The molecule has 2 aromatic rings. The largest absolute Gasteiger partial charge is 0.471 e. The van der Waals surface area contributed by atoms with Gasteiger partial charge in [0.15, 0.2) is 5.78 Å². The van der Waals surface area contributed by atoms with E-state index >= 15 is 0 Å². The van der Waals surface area contributed by atoms with Crippen molar-refractivity contribution < 1.29 is 9.53 Å². The monoisotopic (exact) mass is 476 g/mol. The highest BCUT2D eigenvalue weighted by molar-refractivity contribution is 9.09. The minimum atomic E-state index is -0.755. The summed E-state index contributed by atoms with van der Waals surface area (Å²) in [7, 11) is 0. The van der Waals surface area contributed by atoms with Gasteiger partial charge in [0.1, 0.15) is 5.75 Å². The fourth-order valence-corrected chi connectivity index (χ4v) is 4.19. The Morgan fingerprint density at radius 1 is 1.04 bits per heavy atom. The number of ether oxygens (including phenoxy) is 1. The molecule has 2 rings (SSSR count). The Morgan fingerprint density at radius 3 is 2.15 bits per heavy atom. The number of ketones is 1. The smallest absolute Gasteiger partial charge is 0.211 e. The fraction of sp³-hybridized carbons (Fsp3) is 0.350. The maximum absolute atomic E-state index is 13.2. The highest BCUT2D eigenvalue weighted by Crippen LogP contribution is 2.37. The molecule has 0 spiro atoms. The Kier molecular flexibility index (Phi) is 7.84. The average molecular weight is 479 g/mol. The first-order chi connectivity index (χ1) is 12.3. The minimum absolute atomic E-state index is 0.0107. The summed E-state index contributed by atoms with van der Waals surface area (Å²) in [6.07, 6.45) is 1.88. The van der Waals surface area contributed by atoms with Gasteiger partial charge in [0, 0.05) is 20.5 Å². The molecule has 1 unspecified atom stereocenters. The molecule has 0 saturated carbocycles. The zero-order chi connectivity index (χ0) is 19.3. The molecule has 6 heteroatoms. The van der Waals surface area contributed by atoms with E-state index in [1.807, 2.05) is 19.9 Å². The molecule has 0 aliphatic carbocycles. The number of benzene rings is 2. The van der Waals surface area contributed by atoms with Crippen LogP contribution in [0.3, 0.4) is 0 Å². The van der Waals surface area contributed by atoms with Crippen LogP contribution in [-0.4, -0.2) is 10.8 Å². The molecular formula is C20H20BrCl3O2. The van der Waals surface area contributed by atoms with Crippen LogP contribution in [-0.2, 0) is 11.2 Å². The topological polar surface area (TPSA) is 26.3 Å². The summed E-state index contributed by atoms with van der Waals surface area (Å²) < 4.78 is 5.78. The second-order valence-corrected chi connectivity index (χ2v) is 8.26. The Morgan fingerprint density at radius 2 is 1.62 bits per heavy atom. The van der Waals surface area contributed by atoms with E-state index in [4.69, 9.17) is 39.5 Å². The van der Waals surface area contributed by atoms with Crippen molar-refractivity contribution >= 4 is 56.5 Å². The van der Waals surface area contributed by atoms with Gasteiger partial charge in [-0.25, -0.2) is 0 Å². The quantitative estimate of drug-likeness (QED) is 0.370. The van der Waals surface area contributed by atoms with Gasteiger partial charge >= 0.3 is 0 Å². The predicted octanol–water partition coefficient (Wildman–Crippen LogP) is 7.36. The zero-order valence-electron chi connectivity index (χ0n) is 14.6. The average Bonchev–Trinajstić information content (AvgIpc) is 2.63. The second-order valence-electron chi connectivity index (χ2n) is 6.15. The third-order valence-corrected chi connectivity index (χ3v) is 6.12. The van der Waals surface area contributed by atoms with Crippen LogP contribution in [0.4, 0.5) is 0 Å². The van der Waals surface area contributed by atoms with Crippen molar-refractivity contribution in [3.63, 3.8) is 0 Å². The summed E-state index contributed by atoms with van der Waals surface area (Å²) in [5.41, 5.74) is 0.317. The summed E-state index contributed by atoms with van der Waals surface area (Å²) in [6.45, 7) is 4.01. The first-order valence-corrected chi connectivity index (χ1v) is 10.4. The number of halogens is 4. The lowest BCUT2D eigenvalue weighted by molar-refractivity contribution is -0.132. The predicted molar refractivity (Wildman–Crippen MR) is 113 cm³/mol. The molecule has 1 atom stereocenters. The van der Waals surface area contributed by atoms with Crippen LogP contribution in [0.15, 0.2) is 42.5 Å². The van der Waals surface area contributed by atoms with E-state index in [1.165, 1.54) is 0 Å². The number of hydrogen-bond donors (Lipinski definition) is 0. The summed E-state index contributed by atoms with van der Waals surface area (Å²) in [6, 6.07) is 12.3. The van der Waals surface area contributed by atoms with Gasteiger partial charge in [0.25, 0.3) is 0 Å². The zero-order valence-corrected chi connectivity index (χ0v) is 18.4. The van der Waals surface area contributed by atoms with Crippen LogP contribution in [0.5, 0.6) is 5.75 Å². The molecule has 0 aliphatic heterocycles. The molecule has 0 radical (unpaired) electrons. The molecule has 0 amide bonds. The van der Waals surface area contributed by atoms with E-state index in [9.17, 15) is 4.79 Å². The molecule has 2 nitrogen and oxygen atoms in total. The highest BCUT2D eigenvalue weighted by atomic mass is 79.9. The Bertz CT molecular complexity index is 758. The number of carbonyl (C=O) groups excluding carboxylic acids is 1. The minimum Gasteiger partial charge on any atom is -0.471 e. The normalized spacial score (nSPS) is 12.7. The molecule has 0 heterocycles. The van der Waals surface area contributed by atoms with Crippen LogP contribution in [0.2, 0.25) is 15.1 Å². The molecule has 0 fully saturated rings. The molecule has 26 heavy (non-hydrogen) atoms. The lowest BCUT2D eigenvalue weighted by Crippen LogP contribution is -2.40. The fourth-order valence-electron chi connectivity index (χ4n) is 2.89. The third kappa shape index (κ3) is 5.16. The summed E-state index contributed by atoms with van der Waals surface area (Å²) in [4.78, 5) is 13.2. The first-order valence-electron chi connectivity index (χ1n) is 8.36. The van der Waals surface area contributed by atoms with Crippen molar-refractivity contribution in [3.8, 4) is 5.75 Å². The first kappa shape index (κ1) is 21.6. The van der Waals surface area contributed by atoms with Crippen LogP contribution in [0.1, 0.15) is 32.3 Å². The number of alkyl halides is 1. The number of Topliss-reactive ketones (excluding diaryl/α,β-unsaturated/α-hetero) is 1. The van der Waals surface area contributed by atoms with Crippen LogP contribution >= 0.6 is 50.7 Å². The Labute approximate surface area is 177 Å². The molecule has 0 N–H and O–H groups in total. The van der Waals surface area contributed by atoms with Crippen molar-refractivity contribution in [1.29, 1.82) is 0 Å². The maximum atomic E-state index is 13.2. The highest BCUT2D eigenvalue weighted by Gasteiger charge is 2.40. The lowest BCUT2D eigenvalue weighted by Gasteiger charge is -2.32. The van der Waals surface area contributed by atoms with E-state index < -0.39 is 10.4 Å². The molecule has 0 aliphatic rings. The van der Waals surface area contributed by atoms with Gasteiger partial charge in [-0.3, -0.25) is 4.79 Å². The third-order valence-electron chi connectivity index (χ3n) is 4.68. The molecule has 2 aromatic carbocycles. The van der Waals surface area contributed by atoms with Crippen molar-refractivity contribution in [2.75, 3.05) is 0 Å². The number of carbonyl (C=O) groups is 1. The SMILES string of the molecule is CCC(CC)(Cc1ccc(Cl)cc1Cl)C(=O)C(Br)Oc1ccc(Cl)cc1. The molecule has 0 bridgehead atoms. The van der Waals surface area contributed by atoms with Gasteiger partial charge < -0.3 is 4.74 Å². The molecule has 0 aromatic heterocycles. The van der Waals surface area contributed by atoms with Crippen LogP contribution in [0, 0.1) is 5.41 Å².